The second kappa shape index (κ2) is 5.71. The van der Waals surface area contributed by atoms with Crippen LogP contribution in [-0.4, -0.2) is 17.8 Å². The van der Waals surface area contributed by atoms with Crippen molar-refractivity contribution in [1.29, 1.82) is 0 Å². The Hall–Kier alpha value is -0.0900. The van der Waals surface area contributed by atoms with Crippen LogP contribution in [0.2, 0.25) is 4.34 Å². The number of rotatable bonds is 5. The summed E-state index contributed by atoms with van der Waals surface area (Å²) in [4.78, 5) is 1.23. The van der Waals surface area contributed by atoms with Gasteiger partial charge in [-0.2, -0.15) is 0 Å². The van der Waals surface area contributed by atoms with Crippen LogP contribution < -0.4 is 5.32 Å². The number of halogens is 1. The molecular weight excluding hydrogens is 218 g/mol. The summed E-state index contributed by atoms with van der Waals surface area (Å²) in [7, 11) is 0. The monoisotopic (exact) mass is 233 g/mol. The standard InChI is InChI=1S/C10H16ClNOS/c1-3-8(12-7(2)6-13)9-4-5-10(11)14-9/h4-5,7-8,12-13H,3,6H2,1-2H3/t7-,8?/m1/s1. The molecule has 0 aliphatic rings. The van der Waals surface area contributed by atoms with Gasteiger partial charge < -0.3 is 10.4 Å². The van der Waals surface area contributed by atoms with E-state index in [9.17, 15) is 0 Å². The molecular formula is C10H16ClNOS. The van der Waals surface area contributed by atoms with Crippen LogP contribution in [0.1, 0.15) is 31.2 Å². The topological polar surface area (TPSA) is 32.3 Å². The molecule has 2 nitrogen and oxygen atoms in total. The zero-order valence-corrected chi connectivity index (χ0v) is 10.0. The van der Waals surface area contributed by atoms with Crippen molar-refractivity contribution in [2.45, 2.75) is 32.4 Å². The summed E-state index contributed by atoms with van der Waals surface area (Å²) in [5.74, 6) is 0. The molecule has 0 aromatic carbocycles. The minimum atomic E-state index is 0.126. The average Bonchev–Trinajstić information content (AvgIpc) is 2.60. The smallest absolute Gasteiger partial charge is 0.0931 e. The molecule has 14 heavy (non-hydrogen) atoms. The van der Waals surface area contributed by atoms with Gasteiger partial charge in [-0.3, -0.25) is 0 Å². The molecule has 0 aliphatic heterocycles. The Morgan fingerprint density at radius 3 is 2.71 bits per heavy atom. The van der Waals surface area contributed by atoms with Crippen molar-refractivity contribution in [3.05, 3.63) is 21.3 Å². The van der Waals surface area contributed by atoms with Gasteiger partial charge in [-0.15, -0.1) is 11.3 Å². The second-order valence-corrected chi connectivity index (χ2v) is 5.10. The van der Waals surface area contributed by atoms with Crippen LogP contribution in [0.3, 0.4) is 0 Å². The van der Waals surface area contributed by atoms with E-state index >= 15 is 0 Å². The summed E-state index contributed by atoms with van der Waals surface area (Å²) in [6.45, 7) is 4.25. The van der Waals surface area contributed by atoms with Crippen LogP contribution in [0.15, 0.2) is 12.1 Å². The highest BCUT2D eigenvalue weighted by Gasteiger charge is 2.13. The molecule has 0 radical (unpaired) electrons. The first-order chi connectivity index (χ1) is 6.67. The zero-order valence-electron chi connectivity index (χ0n) is 8.46. The third-order valence-corrected chi connectivity index (χ3v) is 3.45. The minimum absolute atomic E-state index is 0.126. The van der Waals surface area contributed by atoms with E-state index in [-0.39, 0.29) is 12.6 Å². The highest BCUT2D eigenvalue weighted by molar-refractivity contribution is 7.16. The largest absolute Gasteiger partial charge is 0.395 e. The van der Waals surface area contributed by atoms with Gasteiger partial charge in [0, 0.05) is 17.0 Å². The fourth-order valence-corrected chi connectivity index (χ4v) is 2.52. The molecule has 4 heteroatoms. The third-order valence-electron chi connectivity index (χ3n) is 2.11. The van der Waals surface area contributed by atoms with E-state index in [1.807, 2.05) is 19.1 Å². The Kier molecular flexibility index (Phi) is 4.89. The van der Waals surface area contributed by atoms with E-state index in [1.165, 1.54) is 4.88 Å². The maximum Gasteiger partial charge on any atom is 0.0931 e. The van der Waals surface area contributed by atoms with E-state index in [4.69, 9.17) is 16.7 Å². The van der Waals surface area contributed by atoms with Crippen LogP contribution in [0, 0.1) is 0 Å². The lowest BCUT2D eigenvalue weighted by atomic mass is 10.1. The summed E-state index contributed by atoms with van der Waals surface area (Å²) in [5, 5.41) is 12.3. The Labute approximate surface area is 93.9 Å². The van der Waals surface area contributed by atoms with Gasteiger partial charge in [-0.05, 0) is 25.5 Å². The number of hydrogen-bond donors (Lipinski definition) is 2. The molecule has 80 valence electrons. The molecule has 1 heterocycles. The van der Waals surface area contributed by atoms with E-state index in [0.29, 0.717) is 6.04 Å². The van der Waals surface area contributed by atoms with Crippen molar-refractivity contribution in [3.63, 3.8) is 0 Å². The quantitative estimate of drug-likeness (QED) is 0.820. The van der Waals surface area contributed by atoms with Crippen molar-refractivity contribution in [2.75, 3.05) is 6.61 Å². The molecule has 0 aliphatic carbocycles. The predicted octanol–water partition coefficient (Wildman–Crippen LogP) is 2.82. The fourth-order valence-electron chi connectivity index (χ4n) is 1.31. The van der Waals surface area contributed by atoms with Gasteiger partial charge in [0.15, 0.2) is 0 Å². The Balaban J connectivity index is 2.62. The number of thiophene rings is 1. The van der Waals surface area contributed by atoms with Crippen molar-refractivity contribution in [3.8, 4) is 0 Å². The molecule has 0 spiro atoms. The lowest BCUT2D eigenvalue weighted by Crippen LogP contribution is -2.32. The van der Waals surface area contributed by atoms with Crippen LogP contribution >= 0.6 is 22.9 Å². The number of hydrogen-bond acceptors (Lipinski definition) is 3. The fraction of sp³-hybridized carbons (Fsp3) is 0.600. The van der Waals surface area contributed by atoms with Gasteiger partial charge >= 0.3 is 0 Å². The van der Waals surface area contributed by atoms with Gasteiger partial charge in [-0.1, -0.05) is 18.5 Å². The first-order valence-corrected chi connectivity index (χ1v) is 5.99. The van der Waals surface area contributed by atoms with Gasteiger partial charge in [0.2, 0.25) is 0 Å². The lowest BCUT2D eigenvalue weighted by Gasteiger charge is -2.19. The van der Waals surface area contributed by atoms with Crippen molar-refractivity contribution in [2.24, 2.45) is 0 Å². The molecule has 0 fully saturated rings. The normalized spacial score (nSPS) is 15.4. The van der Waals surface area contributed by atoms with Gasteiger partial charge in [-0.25, -0.2) is 0 Å². The Morgan fingerprint density at radius 1 is 1.57 bits per heavy atom. The van der Waals surface area contributed by atoms with Gasteiger partial charge in [0.05, 0.1) is 10.9 Å². The van der Waals surface area contributed by atoms with Crippen LogP contribution in [0.4, 0.5) is 0 Å². The maximum absolute atomic E-state index is 8.95. The molecule has 0 amide bonds. The Morgan fingerprint density at radius 2 is 2.29 bits per heavy atom. The van der Waals surface area contributed by atoms with E-state index in [1.54, 1.807) is 11.3 Å². The van der Waals surface area contributed by atoms with Crippen LogP contribution in [-0.2, 0) is 0 Å². The first kappa shape index (κ1) is 12.0. The maximum atomic E-state index is 8.95. The van der Waals surface area contributed by atoms with E-state index in [2.05, 4.69) is 12.2 Å². The number of nitrogens with one attached hydrogen (secondary N) is 1. The van der Waals surface area contributed by atoms with Crippen molar-refractivity contribution >= 4 is 22.9 Å². The lowest BCUT2D eigenvalue weighted by molar-refractivity contribution is 0.240. The molecule has 1 rings (SSSR count). The number of aliphatic hydroxyl groups is 1. The highest BCUT2D eigenvalue weighted by Crippen LogP contribution is 2.28. The van der Waals surface area contributed by atoms with E-state index < -0.39 is 0 Å². The molecule has 0 bridgehead atoms. The van der Waals surface area contributed by atoms with E-state index in [0.717, 1.165) is 10.8 Å². The molecule has 1 aromatic heterocycles. The summed E-state index contributed by atoms with van der Waals surface area (Å²) in [6, 6.07) is 4.38. The Bertz CT molecular complexity index is 277. The highest BCUT2D eigenvalue weighted by atomic mass is 35.5. The predicted molar refractivity (Wildman–Crippen MR) is 62.0 cm³/mol. The molecule has 1 aromatic rings. The number of aliphatic hydroxyl groups excluding tert-OH is 1. The van der Waals surface area contributed by atoms with Gasteiger partial charge in [0.1, 0.15) is 0 Å². The van der Waals surface area contributed by atoms with Crippen molar-refractivity contribution < 1.29 is 5.11 Å². The summed E-state index contributed by atoms with van der Waals surface area (Å²) < 4.78 is 0.817. The molecule has 2 N–H and O–H groups in total. The summed E-state index contributed by atoms with van der Waals surface area (Å²) >= 11 is 7.47. The van der Waals surface area contributed by atoms with Crippen molar-refractivity contribution in [1.82, 2.24) is 5.32 Å². The minimum Gasteiger partial charge on any atom is -0.395 e. The van der Waals surface area contributed by atoms with Crippen LogP contribution in [0.5, 0.6) is 0 Å². The summed E-state index contributed by atoms with van der Waals surface area (Å²) in [5.41, 5.74) is 0. The average molecular weight is 234 g/mol. The first-order valence-electron chi connectivity index (χ1n) is 4.79. The molecule has 0 saturated carbocycles. The SMILES string of the molecule is CCC(N[C@H](C)CO)c1ccc(Cl)s1. The third kappa shape index (κ3) is 3.24. The molecule has 0 saturated heterocycles. The summed E-state index contributed by atoms with van der Waals surface area (Å²) in [6.07, 6.45) is 1.00. The molecule has 2 atom stereocenters. The second-order valence-electron chi connectivity index (χ2n) is 3.35. The molecule has 1 unspecified atom stereocenters. The zero-order chi connectivity index (χ0) is 10.6. The van der Waals surface area contributed by atoms with Gasteiger partial charge in [0.25, 0.3) is 0 Å². The van der Waals surface area contributed by atoms with Crippen LogP contribution in [0.25, 0.3) is 0 Å².